The highest BCUT2D eigenvalue weighted by Crippen LogP contribution is 2.42. The predicted molar refractivity (Wildman–Crippen MR) is 91.5 cm³/mol. The number of rotatable bonds is 11. The van der Waals surface area contributed by atoms with Crippen LogP contribution in [0.25, 0.3) is 0 Å². The first-order valence-corrected chi connectivity index (χ1v) is 9.80. The van der Waals surface area contributed by atoms with E-state index in [0.29, 0.717) is 0 Å². The second-order valence-electron chi connectivity index (χ2n) is 6.08. The lowest BCUT2D eigenvalue weighted by atomic mass is 10.2. The van der Waals surface area contributed by atoms with Crippen LogP contribution in [0, 0.1) is 0 Å². The molecule has 0 radical (unpaired) electrons. The third-order valence-electron chi connectivity index (χ3n) is 3.73. The molecular weight excluding hydrogens is 497 g/mol. The van der Waals surface area contributed by atoms with Gasteiger partial charge in [0.15, 0.2) is 10.1 Å². The van der Waals surface area contributed by atoms with Crippen LogP contribution < -0.4 is 0 Å². The smallest absolute Gasteiger partial charge is 0.468 e. The van der Waals surface area contributed by atoms with Crippen LogP contribution in [0.15, 0.2) is 43.0 Å². The van der Waals surface area contributed by atoms with E-state index in [9.17, 15) is 53.3 Å². The molecule has 1 aromatic rings. The summed E-state index contributed by atoms with van der Waals surface area (Å²) in [5.74, 6) is -14.8. The molecule has 0 bridgehead atoms. The van der Waals surface area contributed by atoms with E-state index in [-0.39, 0.29) is 11.6 Å². The molecular formula is C17H14F7O8S-. The SMILES string of the molecule is C=CC(=O)OC(OCCC(F)(F)C(F)(F)S(=O)(=O)[O-])(C(=O)OCc1ccccc1)C(F)(F)F. The fourth-order valence-corrected chi connectivity index (χ4v) is 2.51. The first-order chi connectivity index (χ1) is 14.9. The number of alkyl halides is 7. The number of hydrogen-bond acceptors (Lipinski definition) is 8. The molecule has 0 saturated carbocycles. The predicted octanol–water partition coefficient (Wildman–Crippen LogP) is 2.90. The van der Waals surface area contributed by atoms with Crippen LogP contribution >= 0.6 is 0 Å². The minimum atomic E-state index is -6.93. The number of hydrogen-bond donors (Lipinski definition) is 0. The van der Waals surface area contributed by atoms with Crippen LogP contribution in [-0.2, 0) is 40.5 Å². The van der Waals surface area contributed by atoms with E-state index in [0.717, 1.165) is 0 Å². The zero-order valence-corrected chi connectivity index (χ0v) is 16.9. The summed E-state index contributed by atoms with van der Waals surface area (Å²) in [4.78, 5) is 23.6. The largest absolute Gasteiger partial charge is 0.743 e. The summed E-state index contributed by atoms with van der Waals surface area (Å²) in [6.45, 7) is -0.186. The number of halogens is 7. The second-order valence-corrected chi connectivity index (χ2v) is 7.50. The Bertz CT molecular complexity index is 963. The van der Waals surface area contributed by atoms with E-state index < -0.39 is 64.8 Å². The maximum Gasteiger partial charge on any atom is 0.468 e. The summed E-state index contributed by atoms with van der Waals surface area (Å²) in [6, 6.07) is 6.97. The summed E-state index contributed by atoms with van der Waals surface area (Å²) in [5.41, 5.74) is 0.142. The number of ether oxygens (including phenoxy) is 3. The average molecular weight is 511 g/mol. The molecule has 1 unspecified atom stereocenters. The third kappa shape index (κ3) is 6.42. The number of carbonyl (C=O) groups is 2. The van der Waals surface area contributed by atoms with E-state index in [4.69, 9.17) is 0 Å². The second kappa shape index (κ2) is 10.0. The van der Waals surface area contributed by atoms with Crippen molar-refractivity contribution >= 4 is 22.1 Å². The van der Waals surface area contributed by atoms with E-state index in [1.807, 2.05) is 0 Å². The summed E-state index contributed by atoms with van der Waals surface area (Å²) < 4.78 is 138. The van der Waals surface area contributed by atoms with Gasteiger partial charge >= 0.3 is 35.1 Å². The molecule has 0 aromatic heterocycles. The topological polar surface area (TPSA) is 119 Å². The van der Waals surface area contributed by atoms with Gasteiger partial charge in [0.25, 0.3) is 0 Å². The van der Waals surface area contributed by atoms with Gasteiger partial charge in [0, 0.05) is 12.5 Å². The lowest BCUT2D eigenvalue weighted by Gasteiger charge is -2.33. The highest BCUT2D eigenvalue weighted by atomic mass is 32.2. The zero-order valence-electron chi connectivity index (χ0n) is 16.1. The van der Waals surface area contributed by atoms with Gasteiger partial charge in [0.1, 0.15) is 6.61 Å². The standard InChI is InChI=1S/C17H15F7O8S/c1-2-12(25)32-15(16(20,21)22,13(26)30-10-11-6-4-3-5-7-11)31-9-8-14(18,19)17(23,24)33(27,28)29/h2-7H,1,8-10H2,(H,27,28,29)/p-1. The van der Waals surface area contributed by atoms with Crippen molar-refractivity contribution in [2.75, 3.05) is 6.61 Å². The number of esters is 2. The Hall–Kier alpha value is -2.72. The van der Waals surface area contributed by atoms with E-state index >= 15 is 0 Å². The fraction of sp³-hybridized carbons (Fsp3) is 0.412. The van der Waals surface area contributed by atoms with Gasteiger partial charge in [-0.15, -0.1) is 0 Å². The molecule has 0 aliphatic carbocycles. The van der Waals surface area contributed by atoms with E-state index in [1.54, 1.807) is 0 Å². The van der Waals surface area contributed by atoms with Gasteiger partial charge in [0.05, 0.1) is 6.61 Å². The molecule has 16 heteroatoms. The van der Waals surface area contributed by atoms with Gasteiger partial charge < -0.3 is 18.8 Å². The molecule has 0 aliphatic rings. The molecule has 0 saturated heterocycles. The minimum Gasteiger partial charge on any atom is -0.743 e. The van der Waals surface area contributed by atoms with Gasteiger partial charge in [-0.3, -0.25) is 0 Å². The Labute approximate surface area is 181 Å². The highest BCUT2D eigenvalue weighted by Gasteiger charge is 2.68. The molecule has 8 nitrogen and oxygen atoms in total. The molecule has 33 heavy (non-hydrogen) atoms. The van der Waals surface area contributed by atoms with Crippen molar-refractivity contribution in [3.63, 3.8) is 0 Å². The third-order valence-corrected chi connectivity index (χ3v) is 4.65. The first kappa shape index (κ1) is 28.3. The van der Waals surface area contributed by atoms with Crippen molar-refractivity contribution in [3.05, 3.63) is 48.6 Å². The molecule has 0 amide bonds. The van der Waals surface area contributed by atoms with Crippen LogP contribution in [0.1, 0.15) is 12.0 Å². The highest BCUT2D eigenvalue weighted by molar-refractivity contribution is 7.86. The van der Waals surface area contributed by atoms with Crippen molar-refractivity contribution in [1.29, 1.82) is 0 Å². The quantitative estimate of drug-likeness (QED) is 0.146. The van der Waals surface area contributed by atoms with Crippen LogP contribution in [0.4, 0.5) is 30.7 Å². The number of benzene rings is 1. The average Bonchev–Trinajstić information content (AvgIpc) is 2.69. The van der Waals surface area contributed by atoms with Crippen molar-refractivity contribution in [3.8, 4) is 0 Å². The summed E-state index contributed by atoms with van der Waals surface area (Å²) >= 11 is 0. The Morgan fingerprint density at radius 3 is 2.03 bits per heavy atom. The molecule has 0 aliphatic heterocycles. The molecule has 186 valence electrons. The van der Waals surface area contributed by atoms with Crippen molar-refractivity contribution in [2.24, 2.45) is 0 Å². The van der Waals surface area contributed by atoms with Gasteiger partial charge in [-0.25, -0.2) is 18.0 Å². The van der Waals surface area contributed by atoms with Crippen LogP contribution in [0.5, 0.6) is 0 Å². The van der Waals surface area contributed by atoms with Gasteiger partial charge in [-0.2, -0.15) is 30.7 Å². The van der Waals surface area contributed by atoms with Crippen LogP contribution in [-0.4, -0.2) is 54.7 Å². The van der Waals surface area contributed by atoms with Gasteiger partial charge in [0.2, 0.25) is 0 Å². The zero-order chi connectivity index (χ0) is 25.7. The molecule has 0 N–H and O–H groups in total. The Morgan fingerprint density at radius 1 is 1.03 bits per heavy atom. The summed E-state index contributed by atoms with van der Waals surface area (Å²) in [5, 5.41) is -6.23. The van der Waals surface area contributed by atoms with E-state index in [1.165, 1.54) is 30.3 Å². The molecule has 0 fully saturated rings. The Morgan fingerprint density at radius 2 is 1.58 bits per heavy atom. The summed E-state index contributed by atoms with van der Waals surface area (Å²) in [7, 11) is -6.93. The van der Waals surface area contributed by atoms with Crippen molar-refractivity contribution in [2.45, 2.75) is 36.2 Å². The van der Waals surface area contributed by atoms with Gasteiger partial charge in [-0.05, 0) is 5.56 Å². The van der Waals surface area contributed by atoms with Crippen LogP contribution in [0.3, 0.4) is 0 Å². The Balaban J connectivity index is 3.22. The van der Waals surface area contributed by atoms with Crippen molar-refractivity contribution < 1.29 is 67.5 Å². The fourth-order valence-electron chi connectivity index (χ4n) is 2.04. The molecule has 1 aromatic carbocycles. The van der Waals surface area contributed by atoms with Crippen LogP contribution in [0.2, 0.25) is 0 Å². The molecule has 0 heterocycles. The Kier molecular flexibility index (Phi) is 8.62. The molecule has 0 spiro atoms. The maximum absolute atomic E-state index is 13.7. The van der Waals surface area contributed by atoms with Crippen molar-refractivity contribution in [1.82, 2.24) is 0 Å². The normalized spacial score (nSPS) is 14.8. The maximum atomic E-state index is 13.7. The lowest BCUT2D eigenvalue weighted by molar-refractivity contribution is -0.357. The molecule has 1 rings (SSSR count). The number of carbonyl (C=O) groups excluding carboxylic acids is 2. The lowest BCUT2D eigenvalue weighted by Crippen LogP contribution is -2.58. The summed E-state index contributed by atoms with van der Waals surface area (Å²) in [6.07, 6.45) is -8.36. The molecule has 1 atom stereocenters. The van der Waals surface area contributed by atoms with Gasteiger partial charge in [-0.1, -0.05) is 36.9 Å². The first-order valence-electron chi connectivity index (χ1n) is 8.39. The minimum absolute atomic E-state index is 0.140. The monoisotopic (exact) mass is 511 g/mol. The van der Waals surface area contributed by atoms with E-state index in [2.05, 4.69) is 20.8 Å².